The Morgan fingerprint density at radius 1 is 0.931 bits per heavy atom. The molecule has 0 spiro atoms. The van der Waals surface area contributed by atoms with E-state index >= 15 is 0 Å². The fourth-order valence-electron chi connectivity index (χ4n) is 3.42. The molecule has 0 saturated heterocycles. The molecule has 0 atom stereocenters. The molecule has 0 saturated carbocycles. The van der Waals surface area contributed by atoms with Crippen molar-refractivity contribution in [2.45, 2.75) is 13.3 Å². The lowest BCUT2D eigenvalue weighted by Gasteiger charge is -2.11. The maximum atomic E-state index is 12.7. The molecule has 0 unspecified atom stereocenters. The first kappa shape index (κ1) is 18.6. The van der Waals surface area contributed by atoms with Gasteiger partial charge in [0.2, 0.25) is 0 Å². The maximum absolute atomic E-state index is 12.7. The molecule has 1 aromatic heterocycles. The van der Waals surface area contributed by atoms with Crippen molar-refractivity contribution in [2.75, 3.05) is 5.32 Å². The van der Waals surface area contributed by atoms with Crippen LogP contribution in [0, 0.1) is 6.92 Å². The van der Waals surface area contributed by atoms with Gasteiger partial charge in [0.15, 0.2) is 0 Å². The Morgan fingerprint density at radius 3 is 2.55 bits per heavy atom. The maximum Gasteiger partial charge on any atom is 0.255 e. The van der Waals surface area contributed by atoms with Crippen LogP contribution >= 0.6 is 0 Å². The van der Waals surface area contributed by atoms with Crippen molar-refractivity contribution in [1.82, 2.24) is 4.98 Å². The summed E-state index contributed by atoms with van der Waals surface area (Å²) in [6.07, 6.45) is 6.87. The van der Waals surface area contributed by atoms with Crippen LogP contribution in [-0.4, -0.2) is 10.9 Å². The van der Waals surface area contributed by atoms with Gasteiger partial charge in [0, 0.05) is 17.1 Å². The molecule has 0 aliphatic carbocycles. The lowest BCUT2D eigenvalue weighted by Crippen LogP contribution is -2.13. The van der Waals surface area contributed by atoms with Crippen LogP contribution in [0.15, 0.2) is 91.1 Å². The van der Waals surface area contributed by atoms with Crippen LogP contribution in [0.3, 0.4) is 0 Å². The minimum Gasteiger partial charge on any atom is -0.320 e. The van der Waals surface area contributed by atoms with E-state index in [0.717, 1.165) is 28.6 Å². The fourth-order valence-corrected chi connectivity index (χ4v) is 3.42. The highest BCUT2D eigenvalue weighted by Crippen LogP contribution is 2.25. The molecule has 3 nitrogen and oxygen atoms in total. The van der Waals surface area contributed by atoms with Gasteiger partial charge in [0.25, 0.3) is 5.91 Å². The van der Waals surface area contributed by atoms with Crippen molar-refractivity contribution >= 4 is 28.6 Å². The second-order valence-corrected chi connectivity index (χ2v) is 6.96. The van der Waals surface area contributed by atoms with Crippen molar-refractivity contribution in [3.05, 3.63) is 113 Å². The van der Waals surface area contributed by atoms with Crippen LogP contribution in [0.2, 0.25) is 0 Å². The minimum atomic E-state index is -0.119. The molecule has 1 amide bonds. The van der Waals surface area contributed by atoms with Gasteiger partial charge < -0.3 is 5.32 Å². The molecule has 29 heavy (non-hydrogen) atoms. The summed E-state index contributed by atoms with van der Waals surface area (Å²) in [4.78, 5) is 17.3. The van der Waals surface area contributed by atoms with Gasteiger partial charge in [-0.2, -0.15) is 0 Å². The molecule has 0 fully saturated rings. The number of allylic oxidation sites excluding steroid dienone is 1. The number of anilines is 1. The summed E-state index contributed by atoms with van der Waals surface area (Å²) in [5.74, 6) is -0.119. The summed E-state index contributed by atoms with van der Waals surface area (Å²) in [5, 5.41) is 4.08. The van der Waals surface area contributed by atoms with E-state index in [1.54, 1.807) is 6.20 Å². The van der Waals surface area contributed by atoms with E-state index in [4.69, 9.17) is 0 Å². The topological polar surface area (TPSA) is 42.0 Å². The molecule has 4 rings (SSSR count). The van der Waals surface area contributed by atoms with E-state index in [2.05, 4.69) is 40.7 Å². The number of amides is 1. The van der Waals surface area contributed by atoms with Crippen molar-refractivity contribution in [3.8, 4) is 0 Å². The zero-order valence-electron chi connectivity index (χ0n) is 16.3. The van der Waals surface area contributed by atoms with Crippen LogP contribution in [-0.2, 0) is 6.42 Å². The smallest absolute Gasteiger partial charge is 0.255 e. The van der Waals surface area contributed by atoms with E-state index in [1.165, 1.54) is 11.1 Å². The number of benzene rings is 3. The Balaban J connectivity index is 1.61. The van der Waals surface area contributed by atoms with Crippen LogP contribution in [0.25, 0.3) is 17.0 Å². The molecule has 0 radical (unpaired) electrons. The van der Waals surface area contributed by atoms with Gasteiger partial charge in [-0.05, 0) is 48.2 Å². The van der Waals surface area contributed by atoms with Crippen LogP contribution < -0.4 is 5.32 Å². The largest absolute Gasteiger partial charge is 0.320 e. The Hall–Kier alpha value is -3.72. The minimum absolute atomic E-state index is 0.119. The average molecular weight is 378 g/mol. The number of nitrogens with zero attached hydrogens (tertiary/aromatic N) is 1. The van der Waals surface area contributed by atoms with Gasteiger partial charge in [0.05, 0.1) is 11.2 Å². The van der Waals surface area contributed by atoms with Gasteiger partial charge in [-0.3, -0.25) is 9.78 Å². The van der Waals surface area contributed by atoms with Gasteiger partial charge in [-0.25, -0.2) is 0 Å². The summed E-state index contributed by atoms with van der Waals surface area (Å²) in [7, 11) is 0. The highest BCUT2D eigenvalue weighted by molar-refractivity contribution is 6.09. The predicted molar refractivity (Wildman–Crippen MR) is 120 cm³/mol. The number of nitrogens with one attached hydrogen (secondary N) is 1. The molecule has 142 valence electrons. The number of pyridine rings is 1. The summed E-state index contributed by atoms with van der Waals surface area (Å²) in [5.41, 5.74) is 5.51. The molecule has 1 N–H and O–H groups in total. The lowest BCUT2D eigenvalue weighted by molar-refractivity contribution is 0.102. The standard InChI is InChI=1S/C26H22N2O/c1-19-9-5-6-14-22(19)26(29)28-24-16-8-15-23-21(17-18-27-25(23)24)13-7-12-20-10-3-2-4-11-20/h2-12,14-18H,13H2,1H3,(H,28,29)/b12-7+. The molecule has 4 aromatic rings. The molecular weight excluding hydrogens is 356 g/mol. The molecule has 3 heteroatoms. The van der Waals surface area contributed by atoms with Crippen molar-refractivity contribution in [2.24, 2.45) is 0 Å². The number of hydrogen-bond donors (Lipinski definition) is 1. The second-order valence-electron chi connectivity index (χ2n) is 6.96. The SMILES string of the molecule is Cc1ccccc1C(=O)Nc1cccc2c(C/C=C/c3ccccc3)ccnc12. The number of aromatic nitrogens is 1. The Labute approximate surface area is 170 Å². The molecule has 3 aromatic carbocycles. The Morgan fingerprint density at radius 2 is 1.72 bits per heavy atom. The number of fused-ring (bicyclic) bond motifs is 1. The van der Waals surface area contributed by atoms with Crippen molar-refractivity contribution in [3.63, 3.8) is 0 Å². The van der Waals surface area contributed by atoms with Crippen LogP contribution in [0.4, 0.5) is 5.69 Å². The third-order valence-corrected chi connectivity index (χ3v) is 4.95. The normalized spacial score (nSPS) is 11.1. The Bertz CT molecular complexity index is 1180. The third kappa shape index (κ3) is 4.25. The molecular formula is C26H22N2O. The Kier molecular flexibility index (Phi) is 5.48. The van der Waals surface area contributed by atoms with Gasteiger partial charge >= 0.3 is 0 Å². The summed E-state index contributed by atoms with van der Waals surface area (Å²) in [6.45, 7) is 1.94. The van der Waals surface area contributed by atoms with E-state index in [9.17, 15) is 4.79 Å². The lowest BCUT2D eigenvalue weighted by atomic mass is 10.0. The molecule has 0 aliphatic heterocycles. The van der Waals surface area contributed by atoms with Crippen molar-refractivity contribution in [1.29, 1.82) is 0 Å². The van der Waals surface area contributed by atoms with Crippen LogP contribution in [0.1, 0.15) is 27.0 Å². The zero-order chi connectivity index (χ0) is 20.1. The first-order valence-corrected chi connectivity index (χ1v) is 9.67. The van der Waals surface area contributed by atoms with E-state index in [1.807, 2.05) is 67.6 Å². The predicted octanol–water partition coefficient (Wildman–Crippen LogP) is 6.05. The molecule has 0 bridgehead atoms. The summed E-state index contributed by atoms with van der Waals surface area (Å²) in [6, 6.07) is 25.8. The first-order chi connectivity index (χ1) is 14.2. The average Bonchev–Trinajstić information content (AvgIpc) is 2.75. The van der Waals surface area contributed by atoms with Crippen molar-refractivity contribution < 1.29 is 4.79 Å². The number of para-hydroxylation sites is 1. The highest BCUT2D eigenvalue weighted by atomic mass is 16.1. The fraction of sp³-hybridized carbons (Fsp3) is 0.0769. The van der Waals surface area contributed by atoms with Gasteiger partial charge in [0.1, 0.15) is 0 Å². The summed E-state index contributed by atoms with van der Waals surface area (Å²) >= 11 is 0. The van der Waals surface area contributed by atoms with E-state index in [0.29, 0.717) is 5.56 Å². The first-order valence-electron chi connectivity index (χ1n) is 9.67. The quantitative estimate of drug-likeness (QED) is 0.459. The number of carbonyl (C=O) groups is 1. The number of rotatable bonds is 5. The van der Waals surface area contributed by atoms with E-state index < -0.39 is 0 Å². The highest BCUT2D eigenvalue weighted by Gasteiger charge is 2.12. The third-order valence-electron chi connectivity index (χ3n) is 4.95. The summed E-state index contributed by atoms with van der Waals surface area (Å²) < 4.78 is 0. The number of aryl methyl sites for hydroxylation is 1. The monoisotopic (exact) mass is 378 g/mol. The number of hydrogen-bond acceptors (Lipinski definition) is 2. The van der Waals surface area contributed by atoms with Gasteiger partial charge in [-0.1, -0.05) is 72.8 Å². The molecule has 1 heterocycles. The number of carbonyl (C=O) groups excluding carboxylic acids is 1. The zero-order valence-corrected chi connectivity index (χ0v) is 16.3. The van der Waals surface area contributed by atoms with Gasteiger partial charge in [-0.15, -0.1) is 0 Å². The second kappa shape index (κ2) is 8.53. The molecule has 0 aliphatic rings. The van der Waals surface area contributed by atoms with Crippen LogP contribution in [0.5, 0.6) is 0 Å². The van der Waals surface area contributed by atoms with E-state index in [-0.39, 0.29) is 5.91 Å².